The lowest BCUT2D eigenvalue weighted by molar-refractivity contribution is -0.117. The summed E-state index contributed by atoms with van der Waals surface area (Å²) < 4.78 is 0. The van der Waals surface area contributed by atoms with Crippen LogP contribution in [0.3, 0.4) is 0 Å². The van der Waals surface area contributed by atoms with Gasteiger partial charge in [0.25, 0.3) is 5.91 Å². The van der Waals surface area contributed by atoms with E-state index >= 15 is 0 Å². The van der Waals surface area contributed by atoms with Crippen molar-refractivity contribution in [2.75, 3.05) is 5.88 Å². The summed E-state index contributed by atoms with van der Waals surface area (Å²) in [5.41, 5.74) is 0.539. The Morgan fingerprint density at radius 3 is 2.60 bits per heavy atom. The van der Waals surface area contributed by atoms with Gasteiger partial charge in [0.15, 0.2) is 5.78 Å². The zero-order valence-corrected chi connectivity index (χ0v) is 8.72. The molecular formula is C9H9ClN2O3. The van der Waals surface area contributed by atoms with E-state index in [9.17, 15) is 14.4 Å². The van der Waals surface area contributed by atoms with Crippen LogP contribution in [0.25, 0.3) is 0 Å². The van der Waals surface area contributed by atoms with E-state index in [1.165, 1.54) is 19.2 Å². The molecule has 1 aromatic heterocycles. The van der Waals surface area contributed by atoms with Gasteiger partial charge in [0.05, 0.1) is 0 Å². The van der Waals surface area contributed by atoms with Crippen LogP contribution in [0.4, 0.5) is 0 Å². The zero-order valence-electron chi connectivity index (χ0n) is 7.96. The highest BCUT2D eigenvalue weighted by Crippen LogP contribution is 2.03. The molecule has 0 aliphatic rings. The molecule has 0 unspecified atom stereocenters. The lowest BCUT2D eigenvalue weighted by Gasteiger charge is -1.97. The van der Waals surface area contributed by atoms with Gasteiger partial charge in [-0.15, -0.1) is 11.6 Å². The fraction of sp³-hybridized carbons (Fsp3) is 0.222. The first-order valence-corrected chi connectivity index (χ1v) is 4.67. The van der Waals surface area contributed by atoms with Crippen molar-refractivity contribution < 1.29 is 14.4 Å². The van der Waals surface area contributed by atoms with Crippen LogP contribution in [0, 0.1) is 0 Å². The first-order chi connectivity index (χ1) is 7.04. The molecule has 0 aromatic carbocycles. The maximum absolute atomic E-state index is 11.3. The van der Waals surface area contributed by atoms with Crippen LogP contribution in [-0.4, -0.2) is 28.5 Å². The molecule has 0 aliphatic heterocycles. The highest BCUT2D eigenvalue weighted by Gasteiger charge is 2.12. The number of imide groups is 1. The second-order valence-electron chi connectivity index (χ2n) is 2.87. The molecule has 2 amide bonds. The summed E-state index contributed by atoms with van der Waals surface area (Å²) in [4.78, 5) is 35.6. The summed E-state index contributed by atoms with van der Waals surface area (Å²) in [5.74, 6) is -1.63. The number of rotatable bonds is 3. The van der Waals surface area contributed by atoms with E-state index in [4.69, 9.17) is 11.6 Å². The van der Waals surface area contributed by atoms with Gasteiger partial charge >= 0.3 is 0 Å². The molecule has 0 radical (unpaired) electrons. The number of hydrogen-bond donors (Lipinski definition) is 2. The molecule has 0 saturated heterocycles. The third-order valence-corrected chi connectivity index (χ3v) is 1.95. The van der Waals surface area contributed by atoms with Gasteiger partial charge in [-0.25, -0.2) is 0 Å². The van der Waals surface area contributed by atoms with Gasteiger partial charge in [-0.3, -0.25) is 19.7 Å². The summed E-state index contributed by atoms with van der Waals surface area (Å²) in [6.45, 7) is 1.38. The average Bonchev–Trinajstić information content (AvgIpc) is 2.66. The first kappa shape index (κ1) is 11.5. The lowest BCUT2D eigenvalue weighted by Crippen LogP contribution is -2.31. The fourth-order valence-electron chi connectivity index (χ4n) is 0.956. The SMILES string of the molecule is CC(=O)c1c[nH]c(C(=O)NC(=O)CCl)c1. The van der Waals surface area contributed by atoms with Crippen LogP contribution in [0.2, 0.25) is 0 Å². The van der Waals surface area contributed by atoms with E-state index in [-0.39, 0.29) is 17.4 Å². The number of carbonyl (C=O) groups is 3. The number of H-pyrrole nitrogens is 1. The van der Waals surface area contributed by atoms with Gasteiger partial charge in [-0.05, 0) is 13.0 Å². The number of alkyl halides is 1. The number of carbonyl (C=O) groups excluding carboxylic acids is 3. The third-order valence-electron chi connectivity index (χ3n) is 1.71. The summed E-state index contributed by atoms with van der Waals surface area (Å²) in [6, 6.07) is 1.37. The lowest BCUT2D eigenvalue weighted by atomic mass is 10.2. The minimum atomic E-state index is -0.604. The maximum atomic E-state index is 11.3. The Labute approximate surface area is 90.8 Å². The molecule has 1 rings (SSSR count). The second-order valence-corrected chi connectivity index (χ2v) is 3.14. The van der Waals surface area contributed by atoms with Crippen LogP contribution in [-0.2, 0) is 4.79 Å². The summed E-state index contributed by atoms with van der Waals surface area (Å²) in [5, 5.41) is 2.05. The molecule has 1 aromatic rings. The molecular weight excluding hydrogens is 220 g/mol. The van der Waals surface area contributed by atoms with Crippen molar-refractivity contribution in [2.24, 2.45) is 0 Å². The Balaban J connectivity index is 2.74. The Morgan fingerprint density at radius 1 is 1.47 bits per heavy atom. The van der Waals surface area contributed by atoms with Gasteiger partial charge in [0.1, 0.15) is 11.6 Å². The van der Waals surface area contributed by atoms with E-state index < -0.39 is 11.8 Å². The summed E-state index contributed by atoms with van der Waals surface area (Å²) >= 11 is 5.21. The van der Waals surface area contributed by atoms with E-state index in [1.54, 1.807) is 0 Å². The normalized spacial score (nSPS) is 9.73. The van der Waals surface area contributed by atoms with Crippen LogP contribution >= 0.6 is 11.6 Å². The molecule has 15 heavy (non-hydrogen) atoms. The molecule has 2 N–H and O–H groups in total. The van der Waals surface area contributed by atoms with Gasteiger partial charge in [-0.2, -0.15) is 0 Å². The minimum Gasteiger partial charge on any atom is -0.356 e. The molecule has 6 heteroatoms. The maximum Gasteiger partial charge on any atom is 0.274 e. The summed E-state index contributed by atoms with van der Waals surface area (Å²) in [6.07, 6.45) is 1.41. The predicted molar refractivity (Wildman–Crippen MR) is 54.0 cm³/mol. The average molecular weight is 229 g/mol. The van der Waals surface area contributed by atoms with Crippen molar-refractivity contribution in [2.45, 2.75) is 6.92 Å². The second kappa shape index (κ2) is 4.75. The van der Waals surface area contributed by atoms with Crippen LogP contribution in [0.5, 0.6) is 0 Å². The van der Waals surface area contributed by atoms with Gasteiger partial charge in [-0.1, -0.05) is 0 Å². The Morgan fingerprint density at radius 2 is 2.13 bits per heavy atom. The quantitative estimate of drug-likeness (QED) is 0.591. The van der Waals surface area contributed by atoms with Crippen molar-refractivity contribution in [3.63, 3.8) is 0 Å². The number of halogens is 1. The Hall–Kier alpha value is -1.62. The van der Waals surface area contributed by atoms with Crippen molar-refractivity contribution in [1.29, 1.82) is 0 Å². The molecule has 0 bridgehead atoms. The number of amides is 2. The molecule has 0 saturated carbocycles. The van der Waals surface area contributed by atoms with Gasteiger partial charge < -0.3 is 4.98 Å². The third kappa shape index (κ3) is 2.92. The van der Waals surface area contributed by atoms with E-state index in [1.807, 2.05) is 5.32 Å². The Bertz CT molecular complexity index is 411. The van der Waals surface area contributed by atoms with Gasteiger partial charge in [0, 0.05) is 11.8 Å². The van der Waals surface area contributed by atoms with Crippen molar-refractivity contribution in [1.82, 2.24) is 10.3 Å². The molecule has 0 aliphatic carbocycles. The van der Waals surface area contributed by atoms with Gasteiger partial charge in [0.2, 0.25) is 5.91 Å². The monoisotopic (exact) mass is 228 g/mol. The van der Waals surface area contributed by atoms with Crippen LogP contribution in [0.15, 0.2) is 12.3 Å². The molecule has 0 fully saturated rings. The molecule has 80 valence electrons. The minimum absolute atomic E-state index is 0.152. The molecule has 0 spiro atoms. The van der Waals surface area contributed by atoms with Crippen LogP contribution in [0.1, 0.15) is 27.8 Å². The van der Waals surface area contributed by atoms with Crippen molar-refractivity contribution in [3.05, 3.63) is 23.5 Å². The first-order valence-electron chi connectivity index (χ1n) is 4.14. The number of ketones is 1. The number of aromatic nitrogens is 1. The molecule has 1 heterocycles. The largest absolute Gasteiger partial charge is 0.356 e. The number of aromatic amines is 1. The number of hydrogen-bond acceptors (Lipinski definition) is 3. The summed E-state index contributed by atoms with van der Waals surface area (Å²) in [7, 11) is 0. The number of Topliss-reactive ketones (excluding diaryl/α,β-unsaturated/α-hetero) is 1. The molecule has 0 atom stereocenters. The Kier molecular flexibility index (Phi) is 3.62. The standard InChI is InChI=1S/C9H9ClN2O3/c1-5(13)6-2-7(11-4-6)9(15)12-8(14)3-10/h2,4,11H,3H2,1H3,(H,12,14,15). The van der Waals surface area contributed by atoms with E-state index in [2.05, 4.69) is 4.98 Å². The van der Waals surface area contributed by atoms with Crippen molar-refractivity contribution in [3.8, 4) is 0 Å². The van der Waals surface area contributed by atoms with E-state index in [0.717, 1.165) is 0 Å². The van der Waals surface area contributed by atoms with E-state index in [0.29, 0.717) is 5.56 Å². The van der Waals surface area contributed by atoms with Crippen molar-refractivity contribution >= 4 is 29.2 Å². The topological polar surface area (TPSA) is 79.0 Å². The zero-order chi connectivity index (χ0) is 11.4. The highest BCUT2D eigenvalue weighted by atomic mass is 35.5. The smallest absolute Gasteiger partial charge is 0.274 e. The predicted octanol–water partition coefficient (Wildman–Crippen LogP) is 0.712. The van der Waals surface area contributed by atoms with Crippen LogP contribution < -0.4 is 5.32 Å². The highest BCUT2D eigenvalue weighted by molar-refractivity contribution is 6.28. The molecule has 5 nitrogen and oxygen atoms in total. The number of nitrogens with one attached hydrogen (secondary N) is 2. The fourth-order valence-corrected chi connectivity index (χ4v) is 1.02.